The van der Waals surface area contributed by atoms with Gasteiger partial charge >= 0.3 is 0 Å². The molecule has 0 spiro atoms. The Labute approximate surface area is 114 Å². The number of likely N-dealkylation sites (N-methyl/N-ethyl adjacent to an activating group) is 1. The maximum absolute atomic E-state index is 12.5. The summed E-state index contributed by atoms with van der Waals surface area (Å²) in [6, 6.07) is 0.389. The first-order valence-electron chi connectivity index (χ1n) is 7.16. The van der Waals surface area contributed by atoms with Gasteiger partial charge in [-0.2, -0.15) is 0 Å². The van der Waals surface area contributed by atoms with Crippen LogP contribution in [0.25, 0.3) is 0 Å². The van der Waals surface area contributed by atoms with Crippen LogP contribution in [0.5, 0.6) is 0 Å². The van der Waals surface area contributed by atoms with Gasteiger partial charge in [-0.3, -0.25) is 4.79 Å². The van der Waals surface area contributed by atoms with Crippen molar-refractivity contribution >= 4 is 5.82 Å². The molecule has 0 amide bonds. The number of anilines is 1. The van der Waals surface area contributed by atoms with Crippen LogP contribution < -0.4 is 15.8 Å². The molecule has 1 N–H and O–H groups in total. The molecule has 1 unspecified atom stereocenters. The van der Waals surface area contributed by atoms with Crippen molar-refractivity contribution in [2.75, 3.05) is 24.5 Å². The molecule has 2 rings (SSSR count). The van der Waals surface area contributed by atoms with E-state index in [4.69, 9.17) is 0 Å². The Bertz CT molecular complexity index is 463. The average Bonchev–Trinajstić information content (AvgIpc) is 2.88. The van der Waals surface area contributed by atoms with E-state index < -0.39 is 0 Å². The van der Waals surface area contributed by atoms with Crippen LogP contribution >= 0.6 is 0 Å². The van der Waals surface area contributed by atoms with Crippen molar-refractivity contribution in [2.45, 2.75) is 39.8 Å². The number of nitrogens with zero attached hydrogens (tertiary/aromatic N) is 3. The van der Waals surface area contributed by atoms with Gasteiger partial charge in [0.05, 0.1) is 0 Å². The summed E-state index contributed by atoms with van der Waals surface area (Å²) in [5.74, 6) is 1.05. The number of nitrogens with one attached hydrogen (secondary N) is 1. The molecular formula is C14H24N4O. The minimum absolute atomic E-state index is 0.0324. The smallest absolute Gasteiger partial charge is 0.293 e. The molecule has 1 aliphatic rings. The largest absolute Gasteiger partial charge is 0.348 e. The maximum Gasteiger partial charge on any atom is 0.293 e. The van der Waals surface area contributed by atoms with Crippen LogP contribution in [0, 0.1) is 5.92 Å². The van der Waals surface area contributed by atoms with Gasteiger partial charge in [-0.15, -0.1) is 0 Å². The fourth-order valence-corrected chi connectivity index (χ4v) is 2.66. The summed E-state index contributed by atoms with van der Waals surface area (Å²) in [5.41, 5.74) is 0.0324. The molecule has 5 heteroatoms. The molecule has 0 saturated carbocycles. The molecule has 1 aromatic rings. The highest BCUT2D eigenvalue weighted by molar-refractivity contribution is 5.37. The van der Waals surface area contributed by atoms with E-state index in [9.17, 15) is 4.79 Å². The molecule has 0 aromatic carbocycles. The topological polar surface area (TPSA) is 50.2 Å². The third-order valence-electron chi connectivity index (χ3n) is 3.55. The lowest BCUT2D eigenvalue weighted by Crippen LogP contribution is -2.42. The van der Waals surface area contributed by atoms with Crippen LogP contribution in [0.15, 0.2) is 17.2 Å². The quantitative estimate of drug-likeness (QED) is 0.865. The number of rotatable bonds is 5. The van der Waals surface area contributed by atoms with Gasteiger partial charge in [-0.25, -0.2) is 4.98 Å². The summed E-state index contributed by atoms with van der Waals surface area (Å²) in [4.78, 5) is 19.0. The predicted octanol–water partition coefficient (Wildman–Crippen LogP) is 1.09. The Morgan fingerprint density at radius 1 is 1.58 bits per heavy atom. The molecule has 1 atom stereocenters. The maximum atomic E-state index is 12.5. The van der Waals surface area contributed by atoms with Gasteiger partial charge in [0, 0.05) is 38.1 Å². The van der Waals surface area contributed by atoms with Crippen LogP contribution in [0.2, 0.25) is 0 Å². The van der Waals surface area contributed by atoms with Gasteiger partial charge in [0.1, 0.15) is 0 Å². The molecule has 1 aliphatic heterocycles. The zero-order valence-electron chi connectivity index (χ0n) is 12.1. The van der Waals surface area contributed by atoms with E-state index in [2.05, 4.69) is 36.0 Å². The van der Waals surface area contributed by atoms with E-state index in [0.29, 0.717) is 17.8 Å². The van der Waals surface area contributed by atoms with Crippen LogP contribution in [-0.4, -0.2) is 35.2 Å². The van der Waals surface area contributed by atoms with Crippen LogP contribution in [0.3, 0.4) is 0 Å². The van der Waals surface area contributed by atoms with Gasteiger partial charge in [-0.1, -0.05) is 13.8 Å². The SMILES string of the molecule is CCN(c1nccn(CC(C)C)c1=O)C1CCNC1. The molecule has 106 valence electrons. The first-order chi connectivity index (χ1) is 9.13. The second-order valence-electron chi connectivity index (χ2n) is 5.53. The molecule has 0 radical (unpaired) electrons. The molecule has 19 heavy (non-hydrogen) atoms. The highest BCUT2D eigenvalue weighted by Gasteiger charge is 2.24. The molecule has 0 bridgehead atoms. The molecule has 1 saturated heterocycles. The van der Waals surface area contributed by atoms with Crippen molar-refractivity contribution in [1.82, 2.24) is 14.9 Å². The van der Waals surface area contributed by atoms with Gasteiger partial charge < -0.3 is 14.8 Å². The van der Waals surface area contributed by atoms with Crippen LogP contribution in [-0.2, 0) is 6.54 Å². The molecule has 0 aliphatic carbocycles. The fraction of sp³-hybridized carbons (Fsp3) is 0.714. The predicted molar refractivity (Wildman–Crippen MR) is 77.6 cm³/mol. The van der Waals surface area contributed by atoms with Crippen molar-refractivity contribution in [2.24, 2.45) is 5.92 Å². The van der Waals surface area contributed by atoms with Gasteiger partial charge in [0.15, 0.2) is 5.82 Å². The third-order valence-corrected chi connectivity index (χ3v) is 3.55. The summed E-state index contributed by atoms with van der Waals surface area (Å²) in [7, 11) is 0. The summed E-state index contributed by atoms with van der Waals surface area (Å²) in [6.07, 6.45) is 4.60. The first-order valence-corrected chi connectivity index (χ1v) is 7.16. The second-order valence-corrected chi connectivity index (χ2v) is 5.53. The lowest BCUT2D eigenvalue weighted by atomic mass is 10.2. The van der Waals surface area contributed by atoms with E-state index >= 15 is 0 Å². The Morgan fingerprint density at radius 2 is 2.37 bits per heavy atom. The van der Waals surface area contributed by atoms with E-state index in [1.165, 1.54) is 0 Å². The van der Waals surface area contributed by atoms with Crippen LogP contribution in [0.1, 0.15) is 27.2 Å². The highest BCUT2D eigenvalue weighted by atomic mass is 16.1. The van der Waals surface area contributed by atoms with E-state index in [0.717, 1.165) is 32.6 Å². The number of hydrogen-bond acceptors (Lipinski definition) is 4. The van der Waals surface area contributed by atoms with Crippen LogP contribution in [0.4, 0.5) is 5.82 Å². The molecule has 5 nitrogen and oxygen atoms in total. The van der Waals surface area contributed by atoms with Gasteiger partial charge in [-0.05, 0) is 25.8 Å². The molecule has 1 fully saturated rings. The summed E-state index contributed by atoms with van der Waals surface area (Å²) < 4.78 is 1.78. The van der Waals surface area contributed by atoms with Crippen molar-refractivity contribution in [1.29, 1.82) is 0 Å². The standard InChI is InChI=1S/C14H24N4O/c1-4-18(12-5-6-15-9-12)13-14(19)17(8-7-16-13)10-11(2)3/h7-8,11-12,15H,4-6,9-10H2,1-3H3. The highest BCUT2D eigenvalue weighted by Crippen LogP contribution is 2.14. The summed E-state index contributed by atoms with van der Waals surface area (Å²) in [5, 5.41) is 3.34. The van der Waals surface area contributed by atoms with Crippen molar-refractivity contribution < 1.29 is 0 Å². The van der Waals surface area contributed by atoms with Gasteiger partial charge in [0.25, 0.3) is 5.56 Å². The van der Waals surface area contributed by atoms with Crippen molar-refractivity contribution in [3.63, 3.8) is 0 Å². The van der Waals surface area contributed by atoms with E-state index in [-0.39, 0.29) is 5.56 Å². The fourth-order valence-electron chi connectivity index (χ4n) is 2.66. The van der Waals surface area contributed by atoms with Crippen molar-refractivity contribution in [3.8, 4) is 0 Å². The van der Waals surface area contributed by atoms with Crippen molar-refractivity contribution in [3.05, 3.63) is 22.7 Å². The number of hydrogen-bond donors (Lipinski definition) is 1. The molecular weight excluding hydrogens is 240 g/mol. The normalized spacial score (nSPS) is 19.1. The Kier molecular flexibility index (Phi) is 4.58. The Balaban J connectivity index is 2.29. The molecule has 1 aromatic heterocycles. The second kappa shape index (κ2) is 6.19. The first kappa shape index (κ1) is 14.1. The lowest BCUT2D eigenvalue weighted by molar-refractivity contribution is 0.506. The average molecular weight is 264 g/mol. The Hall–Kier alpha value is -1.36. The minimum Gasteiger partial charge on any atom is -0.348 e. The minimum atomic E-state index is 0.0324. The number of aromatic nitrogens is 2. The van der Waals surface area contributed by atoms with Gasteiger partial charge in [0.2, 0.25) is 0 Å². The third kappa shape index (κ3) is 3.15. The van der Waals surface area contributed by atoms with E-state index in [1.807, 2.05) is 0 Å². The van der Waals surface area contributed by atoms with E-state index in [1.54, 1.807) is 17.0 Å². The zero-order chi connectivity index (χ0) is 13.8. The lowest BCUT2D eigenvalue weighted by Gasteiger charge is -2.28. The zero-order valence-corrected chi connectivity index (χ0v) is 12.1. The molecule has 2 heterocycles. The Morgan fingerprint density at radius 3 is 2.95 bits per heavy atom. The summed E-state index contributed by atoms with van der Waals surface area (Å²) in [6.45, 7) is 9.84. The monoisotopic (exact) mass is 264 g/mol. The summed E-state index contributed by atoms with van der Waals surface area (Å²) >= 11 is 0.